The number of rotatable bonds is 6. The highest BCUT2D eigenvalue weighted by Crippen LogP contribution is 2.21. The Morgan fingerprint density at radius 3 is 2.81 bits per heavy atom. The summed E-state index contributed by atoms with van der Waals surface area (Å²) in [6.07, 6.45) is 3.93. The molecule has 0 saturated heterocycles. The minimum Gasteiger partial charge on any atom is -0.363 e. The summed E-state index contributed by atoms with van der Waals surface area (Å²) in [5.41, 5.74) is 1.40. The van der Waals surface area contributed by atoms with Crippen LogP contribution in [0.1, 0.15) is 18.5 Å². The van der Waals surface area contributed by atoms with Crippen molar-refractivity contribution in [3.8, 4) is 0 Å². The second kappa shape index (κ2) is 5.82. The number of halogens is 1. The van der Waals surface area contributed by atoms with Gasteiger partial charge in [-0.15, -0.1) is 0 Å². The Bertz CT molecular complexity index is 738. The molecule has 1 aromatic heterocycles. The maximum atomic E-state index is 12.3. The second-order valence-corrected chi connectivity index (χ2v) is 7.73. The molecule has 3 rings (SSSR count). The summed E-state index contributed by atoms with van der Waals surface area (Å²) in [7, 11) is -3.56. The number of H-pyrrole nitrogens is 1. The van der Waals surface area contributed by atoms with E-state index in [1.807, 2.05) is 6.07 Å². The molecule has 1 heterocycles. The van der Waals surface area contributed by atoms with Crippen molar-refractivity contribution in [1.82, 2.24) is 10.3 Å². The van der Waals surface area contributed by atoms with Gasteiger partial charge in [-0.3, -0.25) is 4.72 Å². The third-order valence-electron chi connectivity index (χ3n) is 3.26. The van der Waals surface area contributed by atoms with Crippen molar-refractivity contribution in [2.75, 3.05) is 4.72 Å². The third kappa shape index (κ3) is 3.87. The molecule has 3 N–H and O–H groups in total. The van der Waals surface area contributed by atoms with Crippen molar-refractivity contribution in [1.29, 1.82) is 0 Å². The van der Waals surface area contributed by atoms with Crippen LogP contribution in [0, 0.1) is 0 Å². The quantitative estimate of drug-likeness (QED) is 0.732. The summed E-state index contributed by atoms with van der Waals surface area (Å²) in [4.78, 5) is 3.25. The van der Waals surface area contributed by atoms with E-state index in [0.717, 1.165) is 10.2 Å². The molecule has 1 saturated carbocycles. The lowest BCUT2D eigenvalue weighted by atomic mass is 10.3. The number of anilines is 1. The van der Waals surface area contributed by atoms with Crippen LogP contribution in [0.15, 0.2) is 45.9 Å². The number of nitrogens with one attached hydrogen (secondary N) is 3. The van der Waals surface area contributed by atoms with Crippen LogP contribution in [-0.2, 0) is 16.6 Å². The highest BCUT2D eigenvalue weighted by Gasteiger charge is 2.21. The molecule has 0 atom stereocenters. The van der Waals surface area contributed by atoms with Gasteiger partial charge in [0.25, 0.3) is 10.0 Å². The lowest BCUT2D eigenvalue weighted by Gasteiger charge is -2.06. The summed E-state index contributed by atoms with van der Waals surface area (Å²) in [5.74, 6) is 0. The van der Waals surface area contributed by atoms with Crippen molar-refractivity contribution in [3.05, 3.63) is 46.7 Å². The summed E-state index contributed by atoms with van der Waals surface area (Å²) >= 11 is 3.32. The molecule has 1 aliphatic rings. The van der Waals surface area contributed by atoms with Crippen LogP contribution in [0.4, 0.5) is 5.69 Å². The second-order valence-electron chi connectivity index (χ2n) is 5.13. The Hall–Kier alpha value is -1.31. The number of sulfonamides is 1. The zero-order chi connectivity index (χ0) is 14.9. The van der Waals surface area contributed by atoms with Crippen LogP contribution >= 0.6 is 15.9 Å². The Balaban J connectivity index is 1.71. The van der Waals surface area contributed by atoms with Gasteiger partial charge in [-0.2, -0.15) is 0 Å². The number of hydrogen-bond donors (Lipinski definition) is 3. The molecule has 5 nitrogen and oxygen atoms in total. The van der Waals surface area contributed by atoms with E-state index in [-0.39, 0.29) is 4.90 Å². The topological polar surface area (TPSA) is 74.0 Å². The van der Waals surface area contributed by atoms with Crippen LogP contribution < -0.4 is 10.0 Å². The van der Waals surface area contributed by atoms with Gasteiger partial charge in [-0.25, -0.2) is 8.42 Å². The fraction of sp³-hybridized carbons (Fsp3) is 0.286. The van der Waals surface area contributed by atoms with Gasteiger partial charge in [0.05, 0.1) is 0 Å². The van der Waals surface area contributed by atoms with Crippen LogP contribution in [0.2, 0.25) is 0 Å². The van der Waals surface area contributed by atoms with E-state index in [1.165, 1.54) is 19.0 Å². The van der Waals surface area contributed by atoms with Gasteiger partial charge >= 0.3 is 0 Å². The first-order valence-electron chi connectivity index (χ1n) is 6.72. The molecule has 1 aliphatic carbocycles. The van der Waals surface area contributed by atoms with Crippen molar-refractivity contribution >= 4 is 31.6 Å². The molecule has 21 heavy (non-hydrogen) atoms. The van der Waals surface area contributed by atoms with E-state index in [0.29, 0.717) is 18.3 Å². The molecule has 112 valence electrons. The summed E-state index contributed by atoms with van der Waals surface area (Å²) < 4.78 is 28.0. The van der Waals surface area contributed by atoms with E-state index < -0.39 is 10.0 Å². The van der Waals surface area contributed by atoms with Gasteiger partial charge in [0, 0.05) is 34.6 Å². The van der Waals surface area contributed by atoms with E-state index in [4.69, 9.17) is 0 Å². The van der Waals surface area contributed by atoms with E-state index >= 15 is 0 Å². The third-order valence-corrected chi connectivity index (χ3v) is 5.12. The van der Waals surface area contributed by atoms with Crippen molar-refractivity contribution in [3.63, 3.8) is 0 Å². The molecule has 0 unspecified atom stereocenters. The molecule has 1 aromatic carbocycles. The van der Waals surface area contributed by atoms with Crippen LogP contribution in [-0.4, -0.2) is 19.4 Å². The smallest absolute Gasteiger partial charge is 0.263 e. The van der Waals surface area contributed by atoms with Gasteiger partial charge in [0.1, 0.15) is 4.90 Å². The van der Waals surface area contributed by atoms with Gasteiger partial charge < -0.3 is 10.3 Å². The maximum absolute atomic E-state index is 12.3. The Morgan fingerprint density at radius 1 is 1.29 bits per heavy atom. The predicted octanol–water partition coefficient (Wildman–Crippen LogP) is 2.83. The number of aromatic nitrogens is 1. The van der Waals surface area contributed by atoms with Crippen molar-refractivity contribution < 1.29 is 8.42 Å². The number of aromatic amines is 1. The van der Waals surface area contributed by atoms with Crippen LogP contribution in [0.5, 0.6) is 0 Å². The van der Waals surface area contributed by atoms with Gasteiger partial charge in [-0.1, -0.05) is 22.0 Å². The summed E-state index contributed by atoms with van der Waals surface area (Å²) in [6, 6.07) is 9.31. The molecular formula is C14H16BrN3O2S. The fourth-order valence-corrected chi connectivity index (χ4v) is 3.45. The molecule has 0 bridgehead atoms. The predicted molar refractivity (Wildman–Crippen MR) is 85.6 cm³/mol. The Kier molecular flexibility index (Phi) is 4.05. The lowest BCUT2D eigenvalue weighted by molar-refractivity contribution is 0.601. The normalized spacial score (nSPS) is 15.1. The summed E-state index contributed by atoms with van der Waals surface area (Å²) in [5, 5.41) is 3.34. The minimum atomic E-state index is -3.56. The first-order chi connectivity index (χ1) is 10.0. The average Bonchev–Trinajstić information content (AvgIpc) is 3.12. The first kappa shape index (κ1) is 14.6. The average molecular weight is 370 g/mol. The van der Waals surface area contributed by atoms with Crippen molar-refractivity contribution in [2.45, 2.75) is 30.3 Å². The zero-order valence-corrected chi connectivity index (χ0v) is 13.7. The maximum Gasteiger partial charge on any atom is 0.263 e. The number of hydrogen-bond acceptors (Lipinski definition) is 3. The summed E-state index contributed by atoms with van der Waals surface area (Å²) in [6.45, 7) is 0.664. The first-order valence-corrected chi connectivity index (χ1v) is 9.00. The highest BCUT2D eigenvalue weighted by molar-refractivity contribution is 9.10. The lowest BCUT2D eigenvalue weighted by Crippen LogP contribution is -2.15. The Morgan fingerprint density at radius 2 is 2.10 bits per heavy atom. The van der Waals surface area contributed by atoms with Crippen LogP contribution in [0.25, 0.3) is 0 Å². The molecule has 1 fully saturated rings. The molecule has 7 heteroatoms. The van der Waals surface area contributed by atoms with E-state index in [2.05, 4.69) is 31.0 Å². The molecular weight excluding hydrogens is 354 g/mol. The standard InChI is InChI=1S/C14H16BrN3O2S/c15-10-2-1-3-12(6-10)18-21(19,20)14-7-13(17-9-14)8-16-11-4-5-11/h1-3,6-7,9,11,16-18H,4-5,8H2. The van der Waals surface area contributed by atoms with E-state index in [1.54, 1.807) is 24.3 Å². The monoisotopic (exact) mass is 369 g/mol. The van der Waals surface area contributed by atoms with Gasteiger partial charge in [0.15, 0.2) is 0 Å². The molecule has 0 spiro atoms. The SMILES string of the molecule is O=S(=O)(Nc1cccc(Br)c1)c1c[nH]c(CNC2CC2)c1. The Labute approximate surface area is 132 Å². The molecule has 2 aromatic rings. The molecule has 0 aliphatic heterocycles. The fourth-order valence-electron chi connectivity index (χ4n) is 1.98. The highest BCUT2D eigenvalue weighted by atomic mass is 79.9. The van der Waals surface area contributed by atoms with E-state index in [9.17, 15) is 8.42 Å². The molecule has 0 radical (unpaired) electrons. The van der Waals surface area contributed by atoms with Gasteiger partial charge in [-0.05, 0) is 37.1 Å². The molecule has 0 amide bonds. The zero-order valence-electron chi connectivity index (χ0n) is 11.3. The van der Waals surface area contributed by atoms with Gasteiger partial charge in [0.2, 0.25) is 0 Å². The number of benzene rings is 1. The minimum absolute atomic E-state index is 0.245. The van der Waals surface area contributed by atoms with Crippen molar-refractivity contribution in [2.24, 2.45) is 0 Å². The van der Waals surface area contributed by atoms with Crippen LogP contribution in [0.3, 0.4) is 0 Å². The largest absolute Gasteiger partial charge is 0.363 e.